The maximum Gasteiger partial charge on any atom is 0.290 e. The van der Waals surface area contributed by atoms with Crippen molar-refractivity contribution < 1.29 is 0 Å². The van der Waals surface area contributed by atoms with Crippen LogP contribution in [-0.4, -0.2) is 60.0 Å². The predicted molar refractivity (Wildman–Crippen MR) is 216 cm³/mol. The van der Waals surface area contributed by atoms with Gasteiger partial charge >= 0.3 is 0 Å². The van der Waals surface area contributed by atoms with Crippen LogP contribution in [0.25, 0.3) is 0 Å². The highest BCUT2D eigenvalue weighted by Gasteiger charge is 2.27. The molecule has 4 heterocycles. The van der Waals surface area contributed by atoms with E-state index < -0.39 is 0 Å². The summed E-state index contributed by atoms with van der Waals surface area (Å²) in [5.74, 6) is 0. The number of rotatable bonds is 1. The largest absolute Gasteiger partial charge is 0.290 e. The van der Waals surface area contributed by atoms with E-state index in [1.54, 1.807) is 9.36 Å². The molecule has 14 heteroatoms. The first-order valence-corrected chi connectivity index (χ1v) is 18.6. The minimum Gasteiger partial charge on any atom is -0.266 e. The monoisotopic (exact) mass is 743 g/mol. The van der Waals surface area contributed by atoms with Gasteiger partial charge in [0.1, 0.15) is 11.4 Å². The van der Waals surface area contributed by atoms with Gasteiger partial charge in [0.2, 0.25) is 0 Å². The van der Waals surface area contributed by atoms with Crippen LogP contribution in [0, 0.1) is 0 Å². The molecule has 0 unspecified atom stereocenters. The van der Waals surface area contributed by atoms with Crippen LogP contribution in [-0.2, 0) is 38.3 Å². The van der Waals surface area contributed by atoms with Crippen molar-refractivity contribution in [3.05, 3.63) is 55.9 Å². The van der Waals surface area contributed by atoms with E-state index in [-0.39, 0.29) is 55.4 Å². The predicted octanol–water partition coefficient (Wildman–Crippen LogP) is 7.73. The molecule has 4 rings (SSSR count). The molecule has 302 valence electrons. The summed E-state index contributed by atoms with van der Waals surface area (Å²) in [5, 5.41) is 30.2. The Kier molecular flexibility index (Phi) is 14.5. The van der Waals surface area contributed by atoms with Crippen molar-refractivity contribution in [2.75, 3.05) is 0 Å². The van der Waals surface area contributed by atoms with Crippen molar-refractivity contribution in [3.8, 4) is 0 Å². The second-order valence-electron chi connectivity index (χ2n) is 21.1. The second-order valence-corrected chi connectivity index (χ2v) is 21.1. The number of aromatic amines is 2. The van der Waals surface area contributed by atoms with Crippen molar-refractivity contribution in [1.82, 2.24) is 60.0 Å². The van der Waals surface area contributed by atoms with Crippen molar-refractivity contribution in [1.29, 1.82) is 0 Å². The van der Waals surface area contributed by atoms with Crippen LogP contribution in [0.15, 0.2) is 22.0 Å². The highest BCUT2D eigenvalue weighted by Crippen LogP contribution is 2.23. The molecule has 0 aromatic carbocycles. The molecule has 0 amide bonds. The molecule has 0 radical (unpaired) electrons. The Balaban J connectivity index is 0.000000354. The summed E-state index contributed by atoms with van der Waals surface area (Å²) in [7, 11) is 0. The first-order chi connectivity index (χ1) is 23.4. The molecule has 0 fully saturated rings. The van der Waals surface area contributed by atoms with E-state index in [9.17, 15) is 9.59 Å². The van der Waals surface area contributed by atoms with Crippen LogP contribution >= 0.6 is 0 Å². The Morgan fingerprint density at radius 1 is 0.491 bits per heavy atom. The lowest BCUT2D eigenvalue weighted by atomic mass is 9.93. The minimum atomic E-state index is -0.242. The molecule has 0 spiro atoms. The van der Waals surface area contributed by atoms with Gasteiger partial charge in [-0.3, -0.25) is 9.59 Å². The Morgan fingerprint density at radius 3 is 1.00 bits per heavy atom. The molecule has 0 aliphatic carbocycles. The van der Waals surface area contributed by atoms with Crippen LogP contribution < -0.4 is 11.1 Å². The molecular weight excluding hydrogens is 669 g/mol. The first kappa shape index (κ1) is 47.2. The number of aromatic nitrogens is 12. The molecule has 0 aliphatic heterocycles. The van der Waals surface area contributed by atoms with Crippen molar-refractivity contribution >= 4 is 0 Å². The molecule has 0 atom stereocenters. The van der Waals surface area contributed by atoms with E-state index in [0.29, 0.717) is 11.4 Å². The van der Waals surface area contributed by atoms with Gasteiger partial charge in [0.25, 0.3) is 11.1 Å². The zero-order valence-electron chi connectivity index (χ0n) is 37.5. The topological polar surface area (TPSA) is 163 Å². The molecule has 2 N–H and O–H groups in total. The summed E-state index contributed by atoms with van der Waals surface area (Å²) >= 11 is 0. The van der Waals surface area contributed by atoms with E-state index in [1.165, 1.54) is 0 Å². The summed E-state index contributed by atoms with van der Waals surface area (Å²) in [6, 6.07) is 0.135. The van der Waals surface area contributed by atoms with Crippen LogP contribution in [0.2, 0.25) is 0 Å². The van der Waals surface area contributed by atoms with Gasteiger partial charge in [0, 0.05) is 40.1 Å². The fraction of sp³-hybridized carbons (Fsp3) is 0.795. The maximum absolute atomic E-state index is 11.9. The standard InChI is InChI=1S/C10H19N3O.2C10H19N3.C9H17N3O/c1-9(2,3)7-8(14)13(12-11-7)10(4,5)6;2*1-9(2,3)8-7-13(12-11-8)10(4,5)6;1-6(2)12-8(13)7(10-11-12)9(3,4)5/h12H,1-6H3;2*7H,1-6H3;6,11H,1-5H3. The van der Waals surface area contributed by atoms with Crippen molar-refractivity contribution in [3.63, 3.8) is 0 Å². The van der Waals surface area contributed by atoms with Gasteiger partial charge in [0.05, 0.1) is 28.0 Å². The average molecular weight is 743 g/mol. The lowest BCUT2D eigenvalue weighted by Crippen LogP contribution is -2.35. The maximum atomic E-state index is 11.9. The Labute approximate surface area is 318 Å². The third-order valence-corrected chi connectivity index (χ3v) is 7.86. The van der Waals surface area contributed by atoms with E-state index in [0.717, 1.165) is 11.4 Å². The van der Waals surface area contributed by atoms with Gasteiger partial charge in [0.15, 0.2) is 0 Å². The normalized spacial score (nSPS) is 13.1. The Bertz CT molecular complexity index is 1670. The van der Waals surface area contributed by atoms with Crippen LogP contribution in [0.3, 0.4) is 0 Å². The quantitative estimate of drug-likeness (QED) is 0.200. The van der Waals surface area contributed by atoms with Gasteiger partial charge < -0.3 is 0 Å². The Morgan fingerprint density at radius 2 is 0.830 bits per heavy atom. The first-order valence-electron chi connectivity index (χ1n) is 18.6. The van der Waals surface area contributed by atoms with E-state index >= 15 is 0 Å². The smallest absolute Gasteiger partial charge is 0.266 e. The average Bonchev–Trinajstić information content (AvgIpc) is 3.71. The van der Waals surface area contributed by atoms with Crippen LogP contribution in [0.5, 0.6) is 0 Å². The molecule has 0 bridgehead atoms. The van der Waals surface area contributed by atoms with E-state index in [2.05, 4.69) is 124 Å². The zero-order chi connectivity index (χ0) is 41.9. The van der Waals surface area contributed by atoms with Crippen molar-refractivity contribution in [2.24, 2.45) is 0 Å². The van der Waals surface area contributed by atoms with Gasteiger partial charge in [-0.15, -0.1) is 10.2 Å². The fourth-order valence-corrected chi connectivity index (χ4v) is 4.26. The number of hydrogen-bond donors (Lipinski definition) is 2. The summed E-state index contributed by atoms with van der Waals surface area (Å²) < 4.78 is 6.93. The lowest BCUT2D eigenvalue weighted by molar-refractivity contribution is 0.337. The fourth-order valence-electron chi connectivity index (χ4n) is 4.26. The third kappa shape index (κ3) is 13.8. The summed E-state index contributed by atoms with van der Waals surface area (Å²) in [5.41, 5.74) is 2.83. The summed E-state index contributed by atoms with van der Waals surface area (Å²) in [6.45, 7) is 47.3. The van der Waals surface area contributed by atoms with Gasteiger partial charge in [-0.05, 0) is 76.2 Å². The molecule has 14 nitrogen and oxygen atoms in total. The molecule has 53 heavy (non-hydrogen) atoms. The third-order valence-electron chi connectivity index (χ3n) is 7.86. The van der Waals surface area contributed by atoms with Gasteiger partial charge in [-0.1, -0.05) is 93.5 Å². The molecule has 4 aromatic rings. The van der Waals surface area contributed by atoms with Gasteiger partial charge in [-0.25, -0.2) is 29.2 Å². The number of nitrogens with zero attached hydrogens (tertiary/aromatic N) is 10. The number of hydrogen-bond acceptors (Lipinski definition) is 8. The molecule has 4 aromatic heterocycles. The zero-order valence-corrected chi connectivity index (χ0v) is 37.5. The van der Waals surface area contributed by atoms with Gasteiger partial charge in [-0.2, -0.15) is 10.2 Å². The molecular formula is C39H74N12O2. The number of H-pyrrole nitrogens is 2. The van der Waals surface area contributed by atoms with Crippen LogP contribution in [0.4, 0.5) is 0 Å². The SMILES string of the molecule is CC(C)(C)c1cn(C(C)(C)C)nn1.CC(C)(C)c1cn(C(C)(C)C)nn1.CC(C)(C)c1n[nH]n(C(C)(C)C)c1=O.CC(C)n1[nH]nc(C(C)(C)C)c1=O. The van der Waals surface area contributed by atoms with E-state index in [1.807, 2.05) is 97.9 Å². The second kappa shape index (κ2) is 16.3. The minimum absolute atomic E-state index is 0.0116. The van der Waals surface area contributed by atoms with Crippen molar-refractivity contribution in [2.45, 2.75) is 204 Å². The molecule has 0 saturated heterocycles. The summed E-state index contributed by atoms with van der Waals surface area (Å²) in [4.78, 5) is 23.7. The Hall–Kier alpha value is -3.84. The van der Waals surface area contributed by atoms with Crippen LogP contribution in [0.1, 0.15) is 188 Å². The highest BCUT2D eigenvalue weighted by atomic mass is 16.1. The number of nitrogens with one attached hydrogen (secondary N) is 2. The molecule has 0 saturated carbocycles. The van der Waals surface area contributed by atoms with E-state index in [4.69, 9.17) is 0 Å². The highest BCUT2D eigenvalue weighted by molar-refractivity contribution is 5.10. The molecule has 0 aliphatic rings. The summed E-state index contributed by atoms with van der Waals surface area (Å²) in [6.07, 6.45) is 4.06. The lowest BCUT2D eigenvalue weighted by Gasteiger charge is -2.18.